The third-order valence-corrected chi connectivity index (χ3v) is 5.08. The number of rotatable bonds is 5. The number of nitrogens with zero attached hydrogens (tertiary/aromatic N) is 1. The topological polar surface area (TPSA) is 44.4 Å². The molecule has 1 aliphatic carbocycles. The molecule has 0 spiro atoms. The molecule has 3 unspecified atom stereocenters. The van der Waals surface area contributed by atoms with Crippen molar-refractivity contribution in [2.75, 3.05) is 26.2 Å². The van der Waals surface area contributed by atoms with Crippen LogP contribution in [0.2, 0.25) is 0 Å². The molecule has 1 saturated heterocycles. The molecule has 4 heteroatoms. The highest BCUT2D eigenvalue weighted by atomic mass is 16.2. The maximum absolute atomic E-state index is 12.2. The van der Waals surface area contributed by atoms with Crippen LogP contribution in [0.1, 0.15) is 40.0 Å². The molecule has 3 atom stereocenters. The monoisotopic (exact) mass is 267 g/mol. The predicted octanol–water partition coefficient (Wildman–Crippen LogP) is 1.22. The van der Waals surface area contributed by atoms with Crippen LogP contribution in [-0.4, -0.2) is 49.1 Å². The minimum Gasteiger partial charge on any atom is -0.352 e. The summed E-state index contributed by atoms with van der Waals surface area (Å²) in [5.74, 6) is 1.55. The van der Waals surface area contributed by atoms with Gasteiger partial charge in [-0.1, -0.05) is 33.6 Å². The van der Waals surface area contributed by atoms with E-state index in [-0.39, 0.29) is 5.91 Å². The van der Waals surface area contributed by atoms with Gasteiger partial charge in [0.2, 0.25) is 5.91 Å². The highest BCUT2D eigenvalue weighted by molar-refractivity contribution is 5.78. The van der Waals surface area contributed by atoms with Crippen LogP contribution in [-0.2, 0) is 4.79 Å². The third-order valence-electron chi connectivity index (χ3n) is 5.08. The van der Waals surface area contributed by atoms with Gasteiger partial charge in [0.05, 0.1) is 6.54 Å². The fraction of sp³-hybridized carbons (Fsp3) is 0.933. The summed E-state index contributed by atoms with van der Waals surface area (Å²) in [6.45, 7) is 10.3. The number of nitrogens with one attached hydrogen (secondary N) is 2. The van der Waals surface area contributed by atoms with E-state index in [4.69, 9.17) is 0 Å². The summed E-state index contributed by atoms with van der Waals surface area (Å²) < 4.78 is 0. The van der Waals surface area contributed by atoms with E-state index in [1.807, 2.05) is 0 Å². The lowest BCUT2D eigenvalue weighted by molar-refractivity contribution is -0.124. The van der Waals surface area contributed by atoms with Gasteiger partial charge in [-0.15, -0.1) is 0 Å². The van der Waals surface area contributed by atoms with Crippen molar-refractivity contribution in [3.8, 4) is 0 Å². The fourth-order valence-electron chi connectivity index (χ4n) is 3.25. The van der Waals surface area contributed by atoms with Crippen LogP contribution in [0.25, 0.3) is 0 Å². The Kier molecular flexibility index (Phi) is 5.22. The Morgan fingerprint density at radius 1 is 1.32 bits per heavy atom. The lowest BCUT2D eigenvalue weighted by atomic mass is 9.78. The quantitative estimate of drug-likeness (QED) is 0.787. The maximum atomic E-state index is 12.2. The zero-order chi connectivity index (χ0) is 13.8. The van der Waals surface area contributed by atoms with Crippen molar-refractivity contribution in [3.63, 3.8) is 0 Å². The van der Waals surface area contributed by atoms with E-state index in [9.17, 15) is 4.79 Å². The molecule has 2 aliphatic rings. The van der Waals surface area contributed by atoms with Crippen LogP contribution in [0.15, 0.2) is 0 Å². The van der Waals surface area contributed by atoms with Crippen molar-refractivity contribution in [2.24, 2.45) is 11.8 Å². The molecule has 1 amide bonds. The van der Waals surface area contributed by atoms with E-state index in [2.05, 4.69) is 36.3 Å². The summed E-state index contributed by atoms with van der Waals surface area (Å²) in [5, 5.41) is 6.54. The van der Waals surface area contributed by atoms with Gasteiger partial charge < -0.3 is 10.6 Å². The number of hydrogen-bond donors (Lipinski definition) is 2. The average Bonchev–Trinajstić information content (AvgIpc) is 2.32. The second-order valence-electron chi connectivity index (χ2n) is 6.32. The molecule has 2 N–H and O–H groups in total. The summed E-state index contributed by atoms with van der Waals surface area (Å²) in [7, 11) is 0. The first-order chi connectivity index (χ1) is 9.11. The summed E-state index contributed by atoms with van der Waals surface area (Å²) in [4.78, 5) is 14.5. The van der Waals surface area contributed by atoms with Crippen LogP contribution >= 0.6 is 0 Å². The SMILES string of the molecule is CCN(CC(=O)NC1CCCC(C)C1C)C1CNC1. The van der Waals surface area contributed by atoms with Gasteiger partial charge in [0.1, 0.15) is 0 Å². The van der Waals surface area contributed by atoms with E-state index >= 15 is 0 Å². The number of amides is 1. The van der Waals surface area contributed by atoms with Gasteiger partial charge in [0.25, 0.3) is 0 Å². The highest BCUT2D eigenvalue weighted by Crippen LogP contribution is 2.29. The molecule has 0 bridgehead atoms. The van der Waals surface area contributed by atoms with Crippen LogP contribution < -0.4 is 10.6 Å². The van der Waals surface area contributed by atoms with Crippen LogP contribution in [0.3, 0.4) is 0 Å². The molecule has 19 heavy (non-hydrogen) atoms. The molecule has 0 aromatic heterocycles. The number of carbonyl (C=O) groups is 1. The first-order valence-electron chi connectivity index (χ1n) is 7.86. The van der Waals surface area contributed by atoms with Gasteiger partial charge in [-0.25, -0.2) is 0 Å². The van der Waals surface area contributed by atoms with Crippen molar-refractivity contribution in [1.29, 1.82) is 0 Å². The number of likely N-dealkylation sites (N-methyl/N-ethyl adjacent to an activating group) is 1. The Labute approximate surface area is 117 Å². The normalized spacial score (nSPS) is 32.1. The molecule has 1 aliphatic heterocycles. The van der Waals surface area contributed by atoms with Gasteiger partial charge in [-0.05, 0) is 24.8 Å². The summed E-state index contributed by atoms with van der Waals surface area (Å²) in [6, 6.07) is 0.938. The second-order valence-corrected chi connectivity index (χ2v) is 6.32. The lowest BCUT2D eigenvalue weighted by Crippen LogP contribution is -2.59. The van der Waals surface area contributed by atoms with Gasteiger partial charge in [-0.2, -0.15) is 0 Å². The minimum atomic E-state index is 0.208. The molecule has 1 heterocycles. The summed E-state index contributed by atoms with van der Waals surface area (Å²) in [5.41, 5.74) is 0. The van der Waals surface area contributed by atoms with E-state index < -0.39 is 0 Å². The molecule has 0 aromatic carbocycles. The van der Waals surface area contributed by atoms with Crippen molar-refractivity contribution < 1.29 is 4.79 Å². The third kappa shape index (κ3) is 3.69. The van der Waals surface area contributed by atoms with Crippen molar-refractivity contribution in [3.05, 3.63) is 0 Å². The molecular weight excluding hydrogens is 238 g/mol. The molecule has 2 rings (SSSR count). The predicted molar refractivity (Wildman–Crippen MR) is 78.0 cm³/mol. The number of carbonyl (C=O) groups excluding carboxylic acids is 1. The van der Waals surface area contributed by atoms with E-state index in [1.54, 1.807) is 0 Å². The van der Waals surface area contributed by atoms with Gasteiger partial charge in [-0.3, -0.25) is 9.69 Å². The smallest absolute Gasteiger partial charge is 0.234 e. The Hall–Kier alpha value is -0.610. The van der Waals surface area contributed by atoms with E-state index in [0.717, 1.165) is 32.0 Å². The van der Waals surface area contributed by atoms with E-state index in [1.165, 1.54) is 12.8 Å². The first kappa shape index (κ1) is 14.8. The van der Waals surface area contributed by atoms with Crippen molar-refractivity contribution in [2.45, 2.75) is 52.1 Å². The lowest BCUT2D eigenvalue weighted by Gasteiger charge is -2.38. The molecule has 110 valence electrons. The first-order valence-corrected chi connectivity index (χ1v) is 7.86. The Morgan fingerprint density at radius 2 is 2.05 bits per heavy atom. The molecule has 0 aromatic rings. The van der Waals surface area contributed by atoms with Gasteiger partial charge >= 0.3 is 0 Å². The second kappa shape index (κ2) is 6.71. The Morgan fingerprint density at radius 3 is 2.63 bits per heavy atom. The number of hydrogen-bond acceptors (Lipinski definition) is 3. The Balaban J connectivity index is 1.79. The zero-order valence-electron chi connectivity index (χ0n) is 12.6. The summed E-state index contributed by atoms with van der Waals surface area (Å²) >= 11 is 0. The molecule has 2 fully saturated rings. The average molecular weight is 267 g/mol. The molecule has 1 saturated carbocycles. The van der Waals surface area contributed by atoms with Crippen LogP contribution in [0, 0.1) is 11.8 Å². The zero-order valence-corrected chi connectivity index (χ0v) is 12.6. The van der Waals surface area contributed by atoms with Crippen molar-refractivity contribution in [1.82, 2.24) is 15.5 Å². The standard InChI is InChI=1S/C15H29N3O/c1-4-18(13-8-16-9-13)10-15(19)17-14-7-5-6-11(2)12(14)3/h11-14,16H,4-10H2,1-3H3,(H,17,19). The van der Waals surface area contributed by atoms with Crippen molar-refractivity contribution >= 4 is 5.91 Å². The van der Waals surface area contributed by atoms with Gasteiger partial charge in [0.15, 0.2) is 0 Å². The van der Waals surface area contributed by atoms with Crippen LogP contribution in [0.5, 0.6) is 0 Å². The van der Waals surface area contributed by atoms with E-state index in [0.29, 0.717) is 24.5 Å². The molecule has 0 radical (unpaired) electrons. The Bertz CT molecular complexity index is 304. The fourth-order valence-corrected chi connectivity index (χ4v) is 3.25. The largest absolute Gasteiger partial charge is 0.352 e. The summed E-state index contributed by atoms with van der Waals surface area (Å²) in [6.07, 6.45) is 3.71. The highest BCUT2D eigenvalue weighted by Gasteiger charge is 2.30. The van der Waals surface area contributed by atoms with Gasteiger partial charge in [0, 0.05) is 25.2 Å². The molecule has 4 nitrogen and oxygen atoms in total. The van der Waals surface area contributed by atoms with Crippen LogP contribution in [0.4, 0.5) is 0 Å². The maximum Gasteiger partial charge on any atom is 0.234 e. The molecular formula is C15H29N3O. The minimum absolute atomic E-state index is 0.208.